The van der Waals surface area contributed by atoms with Crippen molar-refractivity contribution in [3.63, 3.8) is 0 Å². The smallest absolute Gasteiger partial charge is 0.332 e. The number of carbonyl (C=O) groups is 1. The number of nitrogens with zero attached hydrogens (tertiary/aromatic N) is 3. The third-order valence-electron chi connectivity index (χ3n) is 2.76. The molecule has 116 valence electrons. The highest BCUT2D eigenvalue weighted by molar-refractivity contribution is 5.84. The van der Waals surface area contributed by atoms with Crippen molar-refractivity contribution in [1.29, 1.82) is 0 Å². The molecule has 21 heavy (non-hydrogen) atoms. The number of aryl methyl sites for hydroxylation is 1. The molecule has 0 aliphatic rings. The van der Waals surface area contributed by atoms with E-state index in [0.717, 1.165) is 6.42 Å². The van der Waals surface area contributed by atoms with Crippen LogP contribution in [0.25, 0.3) is 0 Å². The molecule has 0 aliphatic carbocycles. The van der Waals surface area contributed by atoms with Gasteiger partial charge in [0.1, 0.15) is 11.7 Å². The molecule has 1 rings (SSSR count). The molecule has 0 radical (unpaired) electrons. The number of anilines is 2. The van der Waals surface area contributed by atoms with Crippen molar-refractivity contribution >= 4 is 23.4 Å². The summed E-state index contributed by atoms with van der Waals surface area (Å²) in [6.45, 7) is 5.63. The Balaban J connectivity index is 3.02. The third kappa shape index (κ3) is 4.26. The quantitative estimate of drug-likeness (QED) is 0.508. The molecule has 1 aromatic rings. The molecule has 9 heteroatoms. The molecule has 9 nitrogen and oxygen atoms in total. The highest BCUT2D eigenvalue weighted by Gasteiger charge is 2.24. The van der Waals surface area contributed by atoms with Gasteiger partial charge in [0.05, 0.1) is 4.92 Å². The molecule has 0 aliphatic heterocycles. The van der Waals surface area contributed by atoms with Gasteiger partial charge in [-0.2, -0.15) is 4.98 Å². The average Bonchev–Trinajstić information content (AvgIpc) is 2.43. The predicted octanol–water partition coefficient (Wildman–Crippen LogP) is 1.06. The SMILES string of the molecule is CCCNC(=O)C(C)Nc1nc(NC)nc(C)c1[N+](=O)[O-]. The third-order valence-corrected chi connectivity index (χ3v) is 2.76. The summed E-state index contributed by atoms with van der Waals surface area (Å²) in [4.78, 5) is 30.4. The fourth-order valence-corrected chi connectivity index (χ4v) is 1.67. The molecule has 0 saturated heterocycles. The number of aromatic nitrogens is 2. The topological polar surface area (TPSA) is 122 Å². The first-order valence-corrected chi connectivity index (χ1v) is 6.65. The second-order valence-electron chi connectivity index (χ2n) is 4.49. The lowest BCUT2D eigenvalue weighted by atomic mass is 10.2. The molecule has 1 amide bonds. The minimum absolute atomic E-state index is 0.0241. The number of nitro groups is 1. The maximum Gasteiger partial charge on any atom is 0.332 e. The Labute approximate surface area is 122 Å². The van der Waals surface area contributed by atoms with E-state index in [1.807, 2.05) is 6.92 Å². The van der Waals surface area contributed by atoms with Crippen LogP contribution < -0.4 is 16.0 Å². The number of rotatable bonds is 7. The normalized spacial score (nSPS) is 11.6. The standard InChI is InChI=1S/C12H20N6O3/c1-5-6-14-11(19)8(3)15-10-9(18(20)21)7(2)16-12(13-4)17-10/h8H,5-6H2,1-4H3,(H,14,19)(H2,13,15,16,17). The molecule has 0 fully saturated rings. The van der Waals surface area contributed by atoms with Gasteiger partial charge in [-0.15, -0.1) is 0 Å². The van der Waals surface area contributed by atoms with Crippen LogP contribution in [0.5, 0.6) is 0 Å². The lowest BCUT2D eigenvalue weighted by Crippen LogP contribution is -2.38. The zero-order chi connectivity index (χ0) is 16.0. The Morgan fingerprint density at radius 3 is 2.62 bits per heavy atom. The molecular formula is C12H20N6O3. The van der Waals surface area contributed by atoms with Gasteiger partial charge in [-0.25, -0.2) is 4.98 Å². The molecule has 1 atom stereocenters. The molecular weight excluding hydrogens is 276 g/mol. The van der Waals surface area contributed by atoms with Gasteiger partial charge in [-0.3, -0.25) is 14.9 Å². The molecule has 3 N–H and O–H groups in total. The van der Waals surface area contributed by atoms with Crippen LogP contribution in [0, 0.1) is 17.0 Å². The highest BCUT2D eigenvalue weighted by Crippen LogP contribution is 2.26. The van der Waals surface area contributed by atoms with E-state index in [2.05, 4.69) is 25.9 Å². The highest BCUT2D eigenvalue weighted by atomic mass is 16.6. The van der Waals surface area contributed by atoms with E-state index in [0.29, 0.717) is 6.54 Å². The van der Waals surface area contributed by atoms with Crippen molar-refractivity contribution in [2.45, 2.75) is 33.2 Å². The van der Waals surface area contributed by atoms with Crippen LogP contribution in [-0.2, 0) is 4.79 Å². The average molecular weight is 296 g/mol. The largest absolute Gasteiger partial charge is 0.357 e. The number of amides is 1. The zero-order valence-electron chi connectivity index (χ0n) is 12.6. The fraction of sp³-hybridized carbons (Fsp3) is 0.583. The van der Waals surface area contributed by atoms with Crippen molar-refractivity contribution < 1.29 is 9.72 Å². The summed E-state index contributed by atoms with van der Waals surface area (Å²) < 4.78 is 0. The van der Waals surface area contributed by atoms with Gasteiger partial charge in [0.25, 0.3) is 0 Å². The molecule has 0 saturated carbocycles. The zero-order valence-corrected chi connectivity index (χ0v) is 12.6. The van der Waals surface area contributed by atoms with Gasteiger partial charge < -0.3 is 16.0 Å². The van der Waals surface area contributed by atoms with Crippen LogP contribution in [0.3, 0.4) is 0 Å². The van der Waals surface area contributed by atoms with Crippen LogP contribution in [0.4, 0.5) is 17.5 Å². The Morgan fingerprint density at radius 2 is 2.10 bits per heavy atom. The van der Waals surface area contributed by atoms with E-state index in [-0.39, 0.29) is 29.1 Å². The molecule has 0 aromatic carbocycles. The number of hydrogen-bond acceptors (Lipinski definition) is 7. The summed E-state index contributed by atoms with van der Waals surface area (Å²) in [6, 6.07) is -0.644. The maximum absolute atomic E-state index is 11.8. The lowest BCUT2D eigenvalue weighted by Gasteiger charge is -2.15. The van der Waals surface area contributed by atoms with Gasteiger partial charge in [0, 0.05) is 13.6 Å². The first-order valence-electron chi connectivity index (χ1n) is 6.65. The molecule has 1 heterocycles. The van der Waals surface area contributed by atoms with Crippen molar-refractivity contribution in [2.24, 2.45) is 0 Å². The van der Waals surface area contributed by atoms with Gasteiger partial charge >= 0.3 is 5.69 Å². The Kier molecular flexibility index (Phi) is 5.82. The van der Waals surface area contributed by atoms with Crippen LogP contribution in [0.2, 0.25) is 0 Å². The maximum atomic E-state index is 11.8. The van der Waals surface area contributed by atoms with Gasteiger partial charge in [0.2, 0.25) is 17.7 Å². The summed E-state index contributed by atoms with van der Waals surface area (Å²) in [5.74, 6) is 0.0335. The monoisotopic (exact) mass is 296 g/mol. The Morgan fingerprint density at radius 1 is 1.43 bits per heavy atom. The van der Waals surface area contributed by atoms with Crippen LogP contribution in [-0.4, -0.2) is 40.4 Å². The Hall–Kier alpha value is -2.45. The van der Waals surface area contributed by atoms with Crippen LogP contribution in [0.15, 0.2) is 0 Å². The van der Waals surface area contributed by atoms with E-state index in [1.165, 1.54) is 6.92 Å². The number of hydrogen-bond donors (Lipinski definition) is 3. The van der Waals surface area contributed by atoms with E-state index in [4.69, 9.17) is 0 Å². The summed E-state index contributed by atoms with van der Waals surface area (Å²) in [7, 11) is 1.61. The van der Waals surface area contributed by atoms with Crippen molar-refractivity contribution in [2.75, 3.05) is 24.2 Å². The molecule has 1 aromatic heterocycles. The second kappa shape index (κ2) is 7.36. The first-order chi connectivity index (χ1) is 9.90. The van der Waals surface area contributed by atoms with Gasteiger partial charge in [-0.05, 0) is 20.3 Å². The number of nitrogens with one attached hydrogen (secondary N) is 3. The van der Waals surface area contributed by atoms with Crippen LogP contribution >= 0.6 is 0 Å². The molecule has 1 unspecified atom stereocenters. The lowest BCUT2D eigenvalue weighted by molar-refractivity contribution is -0.385. The van der Waals surface area contributed by atoms with Crippen molar-refractivity contribution in [3.05, 3.63) is 15.8 Å². The summed E-state index contributed by atoms with van der Waals surface area (Å²) in [5.41, 5.74) is -0.00726. The van der Waals surface area contributed by atoms with Crippen LogP contribution in [0.1, 0.15) is 26.0 Å². The summed E-state index contributed by atoms with van der Waals surface area (Å²) in [5, 5.41) is 19.3. The first kappa shape index (κ1) is 16.6. The number of carbonyl (C=O) groups excluding carboxylic acids is 1. The minimum atomic E-state index is -0.644. The van der Waals surface area contributed by atoms with E-state index < -0.39 is 11.0 Å². The molecule has 0 bridgehead atoms. The molecule has 0 spiro atoms. The van der Waals surface area contributed by atoms with Gasteiger partial charge in [-0.1, -0.05) is 6.92 Å². The van der Waals surface area contributed by atoms with E-state index in [1.54, 1.807) is 14.0 Å². The second-order valence-corrected chi connectivity index (χ2v) is 4.49. The summed E-state index contributed by atoms with van der Waals surface area (Å²) >= 11 is 0. The van der Waals surface area contributed by atoms with Crippen molar-refractivity contribution in [3.8, 4) is 0 Å². The summed E-state index contributed by atoms with van der Waals surface area (Å²) in [6.07, 6.45) is 0.815. The van der Waals surface area contributed by atoms with E-state index >= 15 is 0 Å². The predicted molar refractivity (Wildman–Crippen MR) is 79.4 cm³/mol. The van der Waals surface area contributed by atoms with Gasteiger partial charge in [0.15, 0.2) is 0 Å². The van der Waals surface area contributed by atoms with E-state index in [9.17, 15) is 14.9 Å². The Bertz CT molecular complexity index is 534. The van der Waals surface area contributed by atoms with Crippen molar-refractivity contribution in [1.82, 2.24) is 15.3 Å². The minimum Gasteiger partial charge on any atom is -0.357 e. The fourth-order valence-electron chi connectivity index (χ4n) is 1.67.